The molecular formula is C13H15N3O. The van der Waals surface area contributed by atoms with Crippen LogP contribution in [-0.4, -0.2) is 15.0 Å². The first-order valence-electron chi connectivity index (χ1n) is 5.76. The van der Waals surface area contributed by atoms with Crippen LogP contribution in [0.4, 0.5) is 0 Å². The second kappa shape index (κ2) is 5.39. The summed E-state index contributed by atoms with van der Waals surface area (Å²) in [5, 5.41) is 0. The summed E-state index contributed by atoms with van der Waals surface area (Å²) in [4.78, 5) is 22.7. The summed E-state index contributed by atoms with van der Waals surface area (Å²) in [6.45, 7) is 2.07. The number of pyridine rings is 1. The number of H-pyrrole nitrogens is 1. The van der Waals surface area contributed by atoms with Gasteiger partial charge in [-0.2, -0.15) is 0 Å². The molecule has 0 saturated carbocycles. The number of hydrogen-bond acceptors (Lipinski definition) is 3. The van der Waals surface area contributed by atoms with Gasteiger partial charge in [0.15, 0.2) is 0 Å². The van der Waals surface area contributed by atoms with Crippen molar-refractivity contribution in [3.63, 3.8) is 0 Å². The largest absolute Gasteiger partial charge is 0.310 e. The smallest absolute Gasteiger partial charge is 0.251 e. The van der Waals surface area contributed by atoms with E-state index < -0.39 is 0 Å². The Morgan fingerprint density at radius 2 is 2.29 bits per heavy atom. The molecule has 0 fully saturated rings. The molecular weight excluding hydrogens is 214 g/mol. The Labute approximate surface area is 99.8 Å². The summed E-state index contributed by atoms with van der Waals surface area (Å²) in [6.07, 6.45) is 5.95. The quantitative estimate of drug-likeness (QED) is 0.868. The van der Waals surface area contributed by atoms with Gasteiger partial charge in [0.05, 0.1) is 0 Å². The molecule has 88 valence electrons. The standard InChI is InChI=1S/C13H15N3O/c1-2-4-11-8-13(17)16-12(15-11)7-10-5-3-6-14-9-10/h3,5-6,8-9H,2,4,7H2,1H3,(H,15,16,17). The SMILES string of the molecule is CCCc1cc(=O)[nH]c(Cc2cccnc2)n1. The second-order valence-electron chi connectivity index (χ2n) is 3.97. The summed E-state index contributed by atoms with van der Waals surface area (Å²) in [7, 11) is 0. The lowest BCUT2D eigenvalue weighted by Crippen LogP contribution is -2.13. The fourth-order valence-corrected chi connectivity index (χ4v) is 1.73. The number of rotatable bonds is 4. The Bertz CT molecular complexity index is 534. The molecule has 4 nitrogen and oxygen atoms in total. The highest BCUT2D eigenvalue weighted by molar-refractivity contribution is 5.15. The lowest BCUT2D eigenvalue weighted by Gasteiger charge is -2.03. The van der Waals surface area contributed by atoms with E-state index in [9.17, 15) is 4.79 Å². The molecule has 0 unspecified atom stereocenters. The minimum absolute atomic E-state index is 0.0812. The maximum Gasteiger partial charge on any atom is 0.251 e. The van der Waals surface area contributed by atoms with Gasteiger partial charge in [0.2, 0.25) is 0 Å². The lowest BCUT2D eigenvalue weighted by molar-refractivity contribution is 0.831. The number of aromatic amines is 1. The van der Waals surface area contributed by atoms with E-state index in [0.717, 1.165) is 24.1 Å². The minimum atomic E-state index is -0.0812. The van der Waals surface area contributed by atoms with Gasteiger partial charge in [0.25, 0.3) is 5.56 Å². The number of hydrogen-bond donors (Lipinski definition) is 1. The Balaban J connectivity index is 2.24. The summed E-state index contributed by atoms with van der Waals surface area (Å²) in [5.41, 5.74) is 1.82. The van der Waals surface area contributed by atoms with E-state index in [2.05, 4.69) is 21.9 Å². The van der Waals surface area contributed by atoms with Gasteiger partial charge in [-0.3, -0.25) is 9.78 Å². The predicted octanol–water partition coefficient (Wildman–Crippen LogP) is 1.71. The van der Waals surface area contributed by atoms with Crippen LogP contribution in [0.15, 0.2) is 35.4 Å². The summed E-state index contributed by atoms with van der Waals surface area (Å²) < 4.78 is 0. The molecule has 0 saturated heterocycles. The molecule has 2 aromatic heterocycles. The predicted molar refractivity (Wildman–Crippen MR) is 65.9 cm³/mol. The molecule has 4 heteroatoms. The Kier molecular flexibility index (Phi) is 3.65. The van der Waals surface area contributed by atoms with E-state index >= 15 is 0 Å². The van der Waals surface area contributed by atoms with Gasteiger partial charge in [-0.1, -0.05) is 19.4 Å². The van der Waals surface area contributed by atoms with Crippen molar-refractivity contribution in [1.82, 2.24) is 15.0 Å². The molecule has 2 rings (SSSR count). The minimum Gasteiger partial charge on any atom is -0.310 e. The van der Waals surface area contributed by atoms with Gasteiger partial charge in [0, 0.05) is 30.6 Å². The van der Waals surface area contributed by atoms with Gasteiger partial charge >= 0.3 is 0 Å². The van der Waals surface area contributed by atoms with E-state index in [-0.39, 0.29) is 5.56 Å². The maximum absolute atomic E-state index is 11.5. The fourth-order valence-electron chi connectivity index (χ4n) is 1.73. The first kappa shape index (κ1) is 11.5. The number of aryl methyl sites for hydroxylation is 1. The number of nitrogens with zero attached hydrogens (tertiary/aromatic N) is 2. The van der Waals surface area contributed by atoms with Crippen LogP contribution in [0.25, 0.3) is 0 Å². The molecule has 17 heavy (non-hydrogen) atoms. The van der Waals surface area contributed by atoms with E-state index in [1.807, 2.05) is 12.1 Å². The van der Waals surface area contributed by atoms with Crippen molar-refractivity contribution in [2.45, 2.75) is 26.2 Å². The molecule has 0 amide bonds. The normalized spacial score (nSPS) is 10.4. The monoisotopic (exact) mass is 229 g/mol. The van der Waals surface area contributed by atoms with Crippen LogP contribution < -0.4 is 5.56 Å². The summed E-state index contributed by atoms with van der Waals surface area (Å²) in [5.74, 6) is 0.703. The first-order valence-corrected chi connectivity index (χ1v) is 5.76. The van der Waals surface area contributed by atoms with Gasteiger partial charge in [0.1, 0.15) is 5.82 Å². The second-order valence-corrected chi connectivity index (χ2v) is 3.97. The van der Waals surface area contributed by atoms with Crippen LogP contribution in [0.1, 0.15) is 30.4 Å². The van der Waals surface area contributed by atoms with E-state index in [1.54, 1.807) is 18.5 Å². The molecule has 2 heterocycles. The van der Waals surface area contributed by atoms with Crippen molar-refractivity contribution < 1.29 is 0 Å². The molecule has 1 N–H and O–H groups in total. The molecule has 0 aliphatic rings. The van der Waals surface area contributed by atoms with Crippen molar-refractivity contribution in [3.8, 4) is 0 Å². The Morgan fingerprint density at radius 3 is 3.00 bits per heavy atom. The summed E-state index contributed by atoms with van der Waals surface area (Å²) >= 11 is 0. The topological polar surface area (TPSA) is 58.6 Å². The molecule has 0 atom stereocenters. The molecule has 0 radical (unpaired) electrons. The molecule has 0 bridgehead atoms. The maximum atomic E-state index is 11.5. The van der Waals surface area contributed by atoms with Crippen molar-refractivity contribution >= 4 is 0 Å². The van der Waals surface area contributed by atoms with Crippen LogP contribution in [0.5, 0.6) is 0 Å². The molecule has 0 aliphatic heterocycles. The zero-order valence-electron chi connectivity index (χ0n) is 9.81. The van der Waals surface area contributed by atoms with Crippen LogP contribution >= 0.6 is 0 Å². The summed E-state index contributed by atoms with van der Waals surface area (Å²) in [6, 6.07) is 5.42. The molecule has 2 aromatic rings. The van der Waals surface area contributed by atoms with Gasteiger partial charge in [-0.25, -0.2) is 4.98 Å². The fraction of sp³-hybridized carbons (Fsp3) is 0.308. The van der Waals surface area contributed by atoms with E-state index in [4.69, 9.17) is 0 Å². The lowest BCUT2D eigenvalue weighted by atomic mass is 10.2. The van der Waals surface area contributed by atoms with Gasteiger partial charge < -0.3 is 4.98 Å². The average molecular weight is 229 g/mol. The van der Waals surface area contributed by atoms with Crippen LogP contribution in [-0.2, 0) is 12.8 Å². The zero-order chi connectivity index (χ0) is 12.1. The van der Waals surface area contributed by atoms with Crippen LogP contribution in [0, 0.1) is 0 Å². The van der Waals surface area contributed by atoms with Crippen LogP contribution in [0.2, 0.25) is 0 Å². The van der Waals surface area contributed by atoms with Crippen molar-refractivity contribution in [2.24, 2.45) is 0 Å². The molecule has 0 spiro atoms. The van der Waals surface area contributed by atoms with E-state index in [1.165, 1.54) is 0 Å². The van der Waals surface area contributed by atoms with Crippen molar-refractivity contribution in [1.29, 1.82) is 0 Å². The highest BCUT2D eigenvalue weighted by Crippen LogP contribution is 2.03. The zero-order valence-corrected chi connectivity index (χ0v) is 9.81. The third-order valence-corrected chi connectivity index (χ3v) is 2.44. The number of aromatic nitrogens is 3. The Hall–Kier alpha value is -1.97. The molecule has 0 aliphatic carbocycles. The third kappa shape index (κ3) is 3.24. The number of nitrogens with one attached hydrogen (secondary N) is 1. The van der Waals surface area contributed by atoms with Gasteiger partial charge in [-0.15, -0.1) is 0 Å². The van der Waals surface area contributed by atoms with Gasteiger partial charge in [-0.05, 0) is 18.1 Å². The first-order chi connectivity index (χ1) is 8.28. The Morgan fingerprint density at radius 1 is 1.41 bits per heavy atom. The third-order valence-electron chi connectivity index (χ3n) is 2.44. The van der Waals surface area contributed by atoms with E-state index in [0.29, 0.717) is 12.2 Å². The van der Waals surface area contributed by atoms with Crippen molar-refractivity contribution in [3.05, 3.63) is 58.0 Å². The highest BCUT2D eigenvalue weighted by atomic mass is 16.1. The average Bonchev–Trinajstić information content (AvgIpc) is 2.30. The van der Waals surface area contributed by atoms with Crippen LogP contribution in [0.3, 0.4) is 0 Å². The molecule has 0 aromatic carbocycles. The van der Waals surface area contributed by atoms with Crippen molar-refractivity contribution in [2.75, 3.05) is 0 Å². The highest BCUT2D eigenvalue weighted by Gasteiger charge is 2.02.